The number of anilines is 1. The van der Waals surface area contributed by atoms with Gasteiger partial charge in [0, 0.05) is 24.4 Å². The maximum atomic E-state index is 12.2. The van der Waals surface area contributed by atoms with Gasteiger partial charge in [-0.15, -0.1) is 0 Å². The van der Waals surface area contributed by atoms with E-state index < -0.39 is 0 Å². The summed E-state index contributed by atoms with van der Waals surface area (Å²) in [5.41, 5.74) is 1.31. The van der Waals surface area contributed by atoms with Gasteiger partial charge < -0.3 is 15.4 Å². The first-order valence-corrected chi connectivity index (χ1v) is 9.62. The molecule has 2 aliphatic heterocycles. The summed E-state index contributed by atoms with van der Waals surface area (Å²) in [6, 6.07) is 7.03. The smallest absolute Gasteiger partial charge is 0.251 e. The zero-order chi connectivity index (χ0) is 18.4. The molecule has 1 aromatic rings. The van der Waals surface area contributed by atoms with Crippen LogP contribution < -0.4 is 10.6 Å². The summed E-state index contributed by atoms with van der Waals surface area (Å²) >= 11 is 0. The molecule has 0 radical (unpaired) electrons. The molecular formula is C20H29N3O3. The summed E-state index contributed by atoms with van der Waals surface area (Å²) in [6.45, 7) is 5.99. The Kier molecular flexibility index (Phi) is 6.63. The Morgan fingerprint density at radius 2 is 1.88 bits per heavy atom. The first kappa shape index (κ1) is 18.9. The second kappa shape index (κ2) is 9.14. The van der Waals surface area contributed by atoms with Crippen molar-refractivity contribution in [2.45, 2.75) is 38.7 Å². The molecule has 2 amide bonds. The first-order chi connectivity index (χ1) is 12.6. The number of carbonyl (C=O) groups is 2. The van der Waals surface area contributed by atoms with Crippen molar-refractivity contribution in [3.8, 4) is 0 Å². The molecular weight excluding hydrogens is 330 g/mol. The maximum Gasteiger partial charge on any atom is 0.251 e. The van der Waals surface area contributed by atoms with Gasteiger partial charge in [0.2, 0.25) is 5.91 Å². The minimum absolute atomic E-state index is 0.00450. The highest BCUT2D eigenvalue weighted by Crippen LogP contribution is 2.16. The number of piperidine rings is 1. The van der Waals surface area contributed by atoms with Gasteiger partial charge in [-0.05, 0) is 69.0 Å². The normalized spacial score (nSPS) is 21.5. The van der Waals surface area contributed by atoms with Gasteiger partial charge in [0.1, 0.15) is 0 Å². The number of hydrogen-bond acceptors (Lipinski definition) is 4. The average Bonchev–Trinajstić information content (AvgIpc) is 3.16. The lowest BCUT2D eigenvalue weighted by Gasteiger charge is -2.29. The number of nitrogens with zero attached hydrogens (tertiary/aromatic N) is 1. The minimum Gasteiger partial charge on any atom is -0.376 e. The lowest BCUT2D eigenvalue weighted by atomic mass is 9.99. The van der Waals surface area contributed by atoms with Crippen molar-refractivity contribution >= 4 is 17.5 Å². The van der Waals surface area contributed by atoms with Crippen molar-refractivity contribution in [3.05, 3.63) is 29.8 Å². The molecule has 2 saturated heterocycles. The molecule has 0 bridgehead atoms. The van der Waals surface area contributed by atoms with Crippen molar-refractivity contribution < 1.29 is 14.3 Å². The van der Waals surface area contributed by atoms with Crippen molar-refractivity contribution in [1.82, 2.24) is 10.2 Å². The molecule has 1 atom stereocenters. The largest absolute Gasteiger partial charge is 0.376 e. The lowest BCUT2D eigenvalue weighted by molar-refractivity contribution is -0.117. The highest BCUT2D eigenvalue weighted by Gasteiger charge is 2.18. The Balaban J connectivity index is 1.43. The maximum absolute atomic E-state index is 12.2. The van der Waals surface area contributed by atoms with Crippen LogP contribution in [0.3, 0.4) is 0 Å². The van der Waals surface area contributed by atoms with Crippen LogP contribution in [0, 0.1) is 5.92 Å². The van der Waals surface area contributed by atoms with Gasteiger partial charge in [0.05, 0.1) is 12.6 Å². The van der Waals surface area contributed by atoms with Crippen LogP contribution in [0.4, 0.5) is 5.69 Å². The lowest BCUT2D eigenvalue weighted by Crippen LogP contribution is -2.38. The molecule has 26 heavy (non-hydrogen) atoms. The molecule has 6 nitrogen and oxygen atoms in total. The highest BCUT2D eigenvalue weighted by atomic mass is 16.5. The van der Waals surface area contributed by atoms with E-state index in [0.717, 1.165) is 57.0 Å². The molecule has 2 fully saturated rings. The van der Waals surface area contributed by atoms with E-state index in [9.17, 15) is 9.59 Å². The summed E-state index contributed by atoms with van der Waals surface area (Å²) in [5.74, 6) is 0.643. The Hall–Kier alpha value is -1.92. The fraction of sp³-hybridized carbons (Fsp3) is 0.600. The molecule has 6 heteroatoms. The number of benzene rings is 1. The molecule has 2 N–H and O–H groups in total. The van der Waals surface area contributed by atoms with Gasteiger partial charge in [-0.1, -0.05) is 6.92 Å². The van der Waals surface area contributed by atoms with Gasteiger partial charge in [0.15, 0.2) is 0 Å². The Bertz CT molecular complexity index is 603. The second-order valence-electron chi connectivity index (χ2n) is 7.43. The molecule has 0 aliphatic carbocycles. The van der Waals surface area contributed by atoms with E-state index in [1.807, 2.05) is 0 Å². The van der Waals surface area contributed by atoms with E-state index in [4.69, 9.17) is 4.74 Å². The topological polar surface area (TPSA) is 70.7 Å². The number of ether oxygens (including phenoxy) is 1. The van der Waals surface area contributed by atoms with Gasteiger partial charge in [-0.2, -0.15) is 0 Å². The number of hydrogen-bond donors (Lipinski definition) is 2. The summed E-state index contributed by atoms with van der Waals surface area (Å²) in [5, 5.41) is 5.81. The summed E-state index contributed by atoms with van der Waals surface area (Å²) < 4.78 is 5.50. The van der Waals surface area contributed by atoms with Gasteiger partial charge in [-0.25, -0.2) is 0 Å². The number of nitrogens with one attached hydrogen (secondary N) is 2. The number of amides is 2. The molecule has 0 spiro atoms. The second-order valence-corrected chi connectivity index (χ2v) is 7.43. The third kappa shape index (κ3) is 5.54. The van der Waals surface area contributed by atoms with Crippen LogP contribution in [0.25, 0.3) is 0 Å². The molecule has 0 saturated carbocycles. The van der Waals surface area contributed by atoms with Gasteiger partial charge >= 0.3 is 0 Å². The minimum atomic E-state index is -0.110. The zero-order valence-corrected chi connectivity index (χ0v) is 15.5. The molecule has 1 unspecified atom stereocenters. The fourth-order valence-electron chi connectivity index (χ4n) is 3.44. The molecule has 0 aromatic heterocycles. The molecule has 2 aliphatic rings. The molecule has 2 heterocycles. The van der Waals surface area contributed by atoms with E-state index in [-0.39, 0.29) is 17.9 Å². The molecule has 3 rings (SSSR count). The number of rotatable bonds is 6. The summed E-state index contributed by atoms with van der Waals surface area (Å²) in [7, 11) is 0. The first-order valence-electron chi connectivity index (χ1n) is 9.62. The summed E-state index contributed by atoms with van der Waals surface area (Å²) in [4.78, 5) is 26.5. The van der Waals surface area contributed by atoms with E-state index in [2.05, 4.69) is 22.5 Å². The Labute approximate surface area is 155 Å². The third-order valence-electron chi connectivity index (χ3n) is 5.19. The highest BCUT2D eigenvalue weighted by molar-refractivity contribution is 5.96. The van der Waals surface area contributed by atoms with E-state index in [0.29, 0.717) is 18.7 Å². The van der Waals surface area contributed by atoms with Crippen LogP contribution in [0.2, 0.25) is 0 Å². The van der Waals surface area contributed by atoms with Crippen molar-refractivity contribution in [1.29, 1.82) is 0 Å². The van der Waals surface area contributed by atoms with Gasteiger partial charge in [0.25, 0.3) is 5.91 Å². The van der Waals surface area contributed by atoms with E-state index in [1.165, 1.54) is 0 Å². The number of carbonyl (C=O) groups excluding carboxylic acids is 2. The average molecular weight is 359 g/mol. The quantitative estimate of drug-likeness (QED) is 0.817. The van der Waals surface area contributed by atoms with Crippen LogP contribution in [0.1, 0.15) is 43.0 Å². The monoisotopic (exact) mass is 359 g/mol. The van der Waals surface area contributed by atoms with Crippen LogP contribution in [0.15, 0.2) is 24.3 Å². The van der Waals surface area contributed by atoms with Crippen LogP contribution in [0.5, 0.6) is 0 Å². The fourth-order valence-corrected chi connectivity index (χ4v) is 3.44. The van der Waals surface area contributed by atoms with E-state index >= 15 is 0 Å². The van der Waals surface area contributed by atoms with Crippen molar-refractivity contribution in [2.75, 3.05) is 38.1 Å². The van der Waals surface area contributed by atoms with Crippen LogP contribution in [-0.4, -0.2) is 55.6 Å². The predicted molar refractivity (Wildman–Crippen MR) is 101 cm³/mol. The molecule has 142 valence electrons. The third-order valence-corrected chi connectivity index (χ3v) is 5.19. The van der Waals surface area contributed by atoms with Crippen LogP contribution in [-0.2, 0) is 9.53 Å². The van der Waals surface area contributed by atoms with E-state index in [1.54, 1.807) is 24.3 Å². The number of likely N-dealkylation sites (tertiary alicyclic amines) is 1. The predicted octanol–water partition coefficient (Wildman–Crippen LogP) is 2.27. The van der Waals surface area contributed by atoms with Gasteiger partial charge in [-0.3, -0.25) is 14.5 Å². The van der Waals surface area contributed by atoms with Crippen LogP contribution >= 0.6 is 0 Å². The SMILES string of the molecule is CC1CCN(CC(=O)Nc2ccc(C(=O)NCC3CCCO3)cc2)CC1. The summed E-state index contributed by atoms with van der Waals surface area (Å²) in [6.07, 6.45) is 4.51. The zero-order valence-electron chi connectivity index (χ0n) is 15.5. The molecule has 1 aromatic carbocycles. The Morgan fingerprint density at radius 1 is 1.15 bits per heavy atom. The Morgan fingerprint density at radius 3 is 2.54 bits per heavy atom. The standard InChI is InChI=1S/C20H29N3O3/c1-15-8-10-23(11-9-15)14-19(24)22-17-6-4-16(5-7-17)20(25)21-13-18-3-2-12-26-18/h4-7,15,18H,2-3,8-14H2,1H3,(H,21,25)(H,22,24). The van der Waals surface area contributed by atoms with Crippen molar-refractivity contribution in [2.24, 2.45) is 5.92 Å². The van der Waals surface area contributed by atoms with Crippen molar-refractivity contribution in [3.63, 3.8) is 0 Å².